The Hall–Kier alpha value is -0.610. The predicted octanol–water partition coefficient (Wildman–Crippen LogP) is 1.20. The number of hydrogen-bond acceptors (Lipinski definition) is 4. The molecule has 1 unspecified atom stereocenters. The van der Waals surface area contributed by atoms with Gasteiger partial charge in [0, 0.05) is 6.42 Å². The van der Waals surface area contributed by atoms with E-state index in [0.29, 0.717) is 6.42 Å². The van der Waals surface area contributed by atoms with Gasteiger partial charge in [0.05, 0.1) is 0 Å². The van der Waals surface area contributed by atoms with Crippen molar-refractivity contribution in [2.24, 2.45) is 0 Å². The highest BCUT2D eigenvalue weighted by Crippen LogP contribution is 2.06. The Labute approximate surface area is 84.9 Å². The number of carbonyl (C=O) groups is 1. The van der Waals surface area contributed by atoms with Gasteiger partial charge in [0.1, 0.15) is 6.61 Å². The van der Waals surface area contributed by atoms with Crippen molar-refractivity contribution < 1.29 is 19.7 Å². The van der Waals surface area contributed by atoms with Crippen LogP contribution in [0.4, 0.5) is 0 Å². The first-order chi connectivity index (χ1) is 6.70. The highest BCUT2D eigenvalue weighted by molar-refractivity contribution is 5.69. The molecule has 0 aliphatic heterocycles. The molecule has 0 aromatic carbocycles. The highest BCUT2D eigenvalue weighted by atomic mass is 16.6. The van der Waals surface area contributed by atoms with Crippen LogP contribution >= 0.6 is 0 Å². The van der Waals surface area contributed by atoms with E-state index in [0.717, 1.165) is 19.3 Å². The Bertz CT molecular complexity index is 147. The summed E-state index contributed by atoms with van der Waals surface area (Å²) in [5.41, 5.74) is 0. The summed E-state index contributed by atoms with van der Waals surface area (Å²) in [6.45, 7) is 1.59. The standard InChI is InChI=1S/C10H20O4/c1-2-3-4-5-6-7-9(12)14-10(13)8-11/h10-11,13H,2-8H2,1H3. The summed E-state index contributed by atoms with van der Waals surface area (Å²) in [6, 6.07) is 0. The van der Waals surface area contributed by atoms with Gasteiger partial charge >= 0.3 is 5.97 Å². The molecule has 4 heteroatoms. The molecule has 0 heterocycles. The van der Waals surface area contributed by atoms with Crippen LogP contribution in [0.3, 0.4) is 0 Å². The molecular weight excluding hydrogens is 184 g/mol. The lowest BCUT2D eigenvalue weighted by Crippen LogP contribution is -2.20. The topological polar surface area (TPSA) is 66.8 Å². The van der Waals surface area contributed by atoms with Crippen LogP contribution in [-0.2, 0) is 9.53 Å². The van der Waals surface area contributed by atoms with Gasteiger partial charge in [-0.05, 0) is 6.42 Å². The Morgan fingerprint density at radius 1 is 1.29 bits per heavy atom. The summed E-state index contributed by atoms with van der Waals surface area (Å²) in [5.74, 6) is -0.442. The van der Waals surface area contributed by atoms with Crippen LogP contribution < -0.4 is 0 Å². The number of carbonyl (C=O) groups excluding carboxylic acids is 1. The van der Waals surface area contributed by atoms with Gasteiger partial charge in [-0.25, -0.2) is 0 Å². The van der Waals surface area contributed by atoms with Crippen LogP contribution in [-0.4, -0.2) is 29.1 Å². The molecule has 0 aromatic rings. The quantitative estimate of drug-likeness (QED) is 0.354. The van der Waals surface area contributed by atoms with E-state index in [1.54, 1.807) is 0 Å². The van der Waals surface area contributed by atoms with E-state index in [2.05, 4.69) is 11.7 Å². The van der Waals surface area contributed by atoms with Crippen molar-refractivity contribution in [2.75, 3.05) is 6.61 Å². The summed E-state index contributed by atoms with van der Waals surface area (Å²) in [5, 5.41) is 17.2. The number of unbranched alkanes of at least 4 members (excludes halogenated alkanes) is 4. The van der Waals surface area contributed by atoms with E-state index < -0.39 is 18.9 Å². The van der Waals surface area contributed by atoms with Crippen molar-refractivity contribution in [3.8, 4) is 0 Å². The molecule has 0 bridgehead atoms. The van der Waals surface area contributed by atoms with E-state index >= 15 is 0 Å². The largest absolute Gasteiger partial charge is 0.433 e. The molecule has 0 aromatic heterocycles. The lowest BCUT2D eigenvalue weighted by atomic mass is 10.1. The first-order valence-electron chi connectivity index (χ1n) is 5.19. The number of hydrogen-bond donors (Lipinski definition) is 2. The van der Waals surface area contributed by atoms with Gasteiger partial charge in [-0.15, -0.1) is 0 Å². The summed E-state index contributed by atoms with van der Waals surface area (Å²) < 4.78 is 4.47. The minimum atomic E-state index is -1.36. The molecule has 14 heavy (non-hydrogen) atoms. The van der Waals surface area contributed by atoms with E-state index in [1.165, 1.54) is 12.8 Å². The van der Waals surface area contributed by atoms with E-state index in [-0.39, 0.29) is 0 Å². The number of aliphatic hydroxyl groups excluding tert-OH is 2. The third kappa shape index (κ3) is 8.01. The molecule has 1 atom stereocenters. The van der Waals surface area contributed by atoms with Crippen LogP contribution in [0.1, 0.15) is 45.4 Å². The maximum absolute atomic E-state index is 11.0. The minimum absolute atomic E-state index is 0.320. The van der Waals surface area contributed by atoms with E-state index in [4.69, 9.17) is 10.2 Å². The molecule has 0 saturated heterocycles. The van der Waals surface area contributed by atoms with Crippen molar-refractivity contribution in [1.29, 1.82) is 0 Å². The molecule has 4 nitrogen and oxygen atoms in total. The molecule has 0 amide bonds. The summed E-state index contributed by atoms with van der Waals surface area (Å²) >= 11 is 0. The zero-order valence-corrected chi connectivity index (χ0v) is 8.74. The molecule has 0 saturated carbocycles. The van der Waals surface area contributed by atoms with Crippen LogP contribution in [0.15, 0.2) is 0 Å². The minimum Gasteiger partial charge on any atom is -0.433 e. The third-order valence-corrected chi connectivity index (χ3v) is 1.91. The van der Waals surface area contributed by atoms with Crippen molar-refractivity contribution in [1.82, 2.24) is 0 Å². The van der Waals surface area contributed by atoms with Gasteiger partial charge in [-0.3, -0.25) is 4.79 Å². The molecule has 0 spiro atoms. The molecule has 84 valence electrons. The van der Waals surface area contributed by atoms with E-state index in [1.807, 2.05) is 0 Å². The normalized spacial score (nSPS) is 12.5. The van der Waals surface area contributed by atoms with Gasteiger partial charge in [0.25, 0.3) is 0 Å². The second kappa shape index (κ2) is 8.97. The lowest BCUT2D eigenvalue weighted by Gasteiger charge is -2.08. The smallest absolute Gasteiger partial charge is 0.308 e. The summed E-state index contributed by atoms with van der Waals surface area (Å²) in [6.07, 6.45) is 4.25. The van der Waals surface area contributed by atoms with E-state index in [9.17, 15) is 4.79 Å². The zero-order chi connectivity index (χ0) is 10.8. The average molecular weight is 204 g/mol. The highest BCUT2D eigenvalue weighted by Gasteiger charge is 2.08. The van der Waals surface area contributed by atoms with Crippen LogP contribution in [0, 0.1) is 0 Å². The molecule has 2 N–H and O–H groups in total. The Balaban J connectivity index is 3.27. The average Bonchev–Trinajstić information content (AvgIpc) is 2.17. The molecule has 0 aliphatic rings. The fourth-order valence-corrected chi connectivity index (χ4v) is 1.12. The van der Waals surface area contributed by atoms with Crippen LogP contribution in [0.25, 0.3) is 0 Å². The Morgan fingerprint density at radius 2 is 1.93 bits per heavy atom. The number of esters is 1. The van der Waals surface area contributed by atoms with Crippen molar-refractivity contribution in [2.45, 2.75) is 51.7 Å². The Morgan fingerprint density at radius 3 is 2.50 bits per heavy atom. The number of ether oxygens (including phenoxy) is 1. The second-order valence-corrected chi connectivity index (χ2v) is 3.29. The maximum Gasteiger partial charge on any atom is 0.308 e. The molecule has 0 radical (unpaired) electrons. The monoisotopic (exact) mass is 204 g/mol. The predicted molar refractivity (Wildman–Crippen MR) is 52.6 cm³/mol. The first kappa shape index (κ1) is 13.4. The molecule has 0 fully saturated rings. The summed E-state index contributed by atoms with van der Waals surface area (Å²) in [7, 11) is 0. The number of rotatable bonds is 8. The first-order valence-corrected chi connectivity index (χ1v) is 5.19. The molecule has 0 rings (SSSR count). The zero-order valence-electron chi connectivity index (χ0n) is 8.74. The number of aliphatic hydroxyl groups is 2. The maximum atomic E-state index is 11.0. The third-order valence-electron chi connectivity index (χ3n) is 1.91. The van der Waals surface area contributed by atoms with Gasteiger partial charge in [0.2, 0.25) is 6.29 Å². The van der Waals surface area contributed by atoms with Crippen molar-refractivity contribution in [3.63, 3.8) is 0 Å². The Kier molecular flexibility index (Phi) is 8.57. The second-order valence-electron chi connectivity index (χ2n) is 3.29. The summed E-state index contributed by atoms with van der Waals surface area (Å²) in [4.78, 5) is 11.0. The van der Waals surface area contributed by atoms with Crippen LogP contribution in [0.5, 0.6) is 0 Å². The van der Waals surface area contributed by atoms with Gasteiger partial charge in [0.15, 0.2) is 0 Å². The SMILES string of the molecule is CCCCCCCC(=O)OC(O)CO. The van der Waals surface area contributed by atoms with Crippen molar-refractivity contribution in [3.05, 3.63) is 0 Å². The van der Waals surface area contributed by atoms with Crippen molar-refractivity contribution >= 4 is 5.97 Å². The van der Waals surface area contributed by atoms with Gasteiger partial charge in [-0.2, -0.15) is 0 Å². The fourth-order valence-electron chi connectivity index (χ4n) is 1.12. The lowest BCUT2D eigenvalue weighted by molar-refractivity contribution is -0.173. The van der Waals surface area contributed by atoms with Gasteiger partial charge < -0.3 is 14.9 Å². The molecular formula is C10H20O4. The van der Waals surface area contributed by atoms with Crippen LogP contribution in [0.2, 0.25) is 0 Å². The fraction of sp³-hybridized carbons (Fsp3) is 0.900. The van der Waals surface area contributed by atoms with Gasteiger partial charge in [-0.1, -0.05) is 32.6 Å². The molecule has 0 aliphatic carbocycles.